The van der Waals surface area contributed by atoms with Crippen LogP contribution in [-0.2, 0) is 11.1 Å². The van der Waals surface area contributed by atoms with E-state index in [2.05, 4.69) is 219 Å². The Bertz CT molecular complexity index is 3390. The summed E-state index contributed by atoms with van der Waals surface area (Å²) in [7, 11) is 0. The molecule has 0 saturated heterocycles. The molecule has 1 spiro atoms. The van der Waals surface area contributed by atoms with Crippen LogP contribution >= 0.6 is 11.3 Å². The highest BCUT2D eigenvalue weighted by Crippen LogP contribution is 2.63. The van der Waals surface area contributed by atoms with Gasteiger partial charge in [0, 0.05) is 38.6 Å². The van der Waals surface area contributed by atoms with Crippen LogP contribution in [-0.4, -0.2) is 0 Å². The maximum absolute atomic E-state index is 6.89. The van der Waals surface area contributed by atoms with Gasteiger partial charge in [0.25, 0.3) is 0 Å². The molecular formula is C58H40N2OS. The molecule has 0 radical (unpaired) electrons. The molecule has 3 nitrogen and oxygen atoms in total. The summed E-state index contributed by atoms with van der Waals surface area (Å²) in [6.45, 7) is 2.24. The second kappa shape index (κ2) is 13.4. The Hall–Kier alpha value is -7.27. The zero-order chi connectivity index (χ0) is 41.0. The molecule has 4 unspecified atom stereocenters. The summed E-state index contributed by atoms with van der Waals surface area (Å²) in [6.07, 6.45) is 13.8. The quantitative estimate of drug-likeness (QED) is 0.192. The molecule has 1 N–H and O–H groups in total. The van der Waals surface area contributed by atoms with Crippen LogP contribution in [0.3, 0.4) is 0 Å². The number of hydrogen-bond donors (Lipinski definition) is 1. The lowest BCUT2D eigenvalue weighted by molar-refractivity contribution is 0.373. The predicted molar refractivity (Wildman–Crippen MR) is 253 cm³/mol. The highest BCUT2D eigenvalue weighted by Gasteiger charge is 2.53. The molecule has 3 aliphatic carbocycles. The van der Waals surface area contributed by atoms with Gasteiger partial charge in [-0.3, -0.25) is 4.99 Å². The molecule has 4 atom stereocenters. The maximum atomic E-state index is 6.89. The van der Waals surface area contributed by atoms with E-state index >= 15 is 0 Å². The Labute approximate surface area is 364 Å². The fraction of sp³-hybridized carbons (Fsp3) is 0.0862. The van der Waals surface area contributed by atoms with Gasteiger partial charge >= 0.3 is 0 Å². The number of para-hydroxylation sites is 1. The number of fused-ring (bicyclic) bond motifs is 13. The van der Waals surface area contributed by atoms with E-state index in [1.54, 1.807) is 0 Å². The molecule has 4 heteroatoms. The average molecular weight is 813 g/mol. The van der Waals surface area contributed by atoms with Crippen LogP contribution in [0.1, 0.15) is 34.7 Å². The number of nitrogens with one attached hydrogen (secondary N) is 1. The minimum absolute atomic E-state index is 0.245. The molecule has 0 amide bonds. The third-order valence-electron chi connectivity index (χ3n) is 13.6. The Morgan fingerprint density at radius 2 is 1.21 bits per heavy atom. The van der Waals surface area contributed by atoms with Gasteiger partial charge in [0.15, 0.2) is 5.66 Å². The van der Waals surface area contributed by atoms with Crippen LogP contribution in [0.15, 0.2) is 223 Å². The van der Waals surface area contributed by atoms with Crippen LogP contribution in [0, 0.1) is 11.8 Å². The van der Waals surface area contributed by atoms with Crippen LogP contribution in [0.25, 0.3) is 49.2 Å². The van der Waals surface area contributed by atoms with Crippen molar-refractivity contribution in [1.29, 1.82) is 0 Å². The lowest BCUT2D eigenvalue weighted by Crippen LogP contribution is -2.47. The molecule has 13 rings (SSSR count). The largest absolute Gasteiger partial charge is 0.457 e. The molecule has 8 aromatic rings. The maximum Gasteiger partial charge on any atom is 0.153 e. The van der Waals surface area contributed by atoms with Crippen LogP contribution in [0.4, 0.5) is 0 Å². The van der Waals surface area contributed by atoms with Crippen LogP contribution < -0.4 is 19.9 Å². The Morgan fingerprint density at radius 1 is 0.565 bits per heavy atom. The van der Waals surface area contributed by atoms with Gasteiger partial charge < -0.3 is 10.1 Å². The summed E-state index contributed by atoms with van der Waals surface area (Å²) in [5, 5.41) is 6.36. The SMILES string of the molecule is CC1(c2cc(-c3ccccc3)cc(-c3ccccc3)c2)N=c2c(sc3ccccc23)=C(c2ccc3c(c2)C2(C4=CC5C=CC=CC5C=C4Oc4ccccc42)c2ccccc2-3)N1. The highest BCUT2D eigenvalue weighted by atomic mass is 32.1. The number of rotatable bonds is 4. The van der Waals surface area contributed by atoms with Crippen LogP contribution in [0.5, 0.6) is 5.75 Å². The third-order valence-corrected chi connectivity index (χ3v) is 14.8. The average Bonchev–Trinajstić information content (AvgIpc) is 3.84. The molecule has 5 aliphatic rings. The van der Waals surface area contributed by atoms with Crippen molar-refractivity contribution < 1.29 is 4.74 Å². The Morgan fingerprint density at radius 3 is 1.98 bits per heavy atom. The summed E-state index contributed by atoms with van der Waals surface area (Å²) in [5.74, 6) is 2.36. The normalized spacial score (nSPS) is 22.2. The lowest BCUT2D eigenvalue weighted by Gasteiger charge is -2.44. The molecule has 0 bridgehead atoms. The number of ether oxygens (including phenoxy) is 1. The van der Waals surface area contributed by atoms with E-state index in [0.717, 1.165) is 49.3 Å². The number of benzene rings is 7. The Balaban J connectivity index is 1.06. The van der Waals surface area contributed by atoms with E-state index in [4.69, 9.17) is 9.73 Å². The van der Waals surface area contributed by atoms with Gasteiger partial charge in [-0.25, -0.2) is 0 Å². The van der Waals surface area contributed by atoms with E-state index in [1.807, 2.05) is 11.3 Å². The molecule has 62 heavy (non-hydrogen) atoms. The summed E-state index contributed by atoms with van der Waals surface area (Å²) >= 11 is 1.82. The molecule has 0 fully saturated rings. The van der Waals surface area contributed by atoms with Crippen molar-refractivity contribution in [1.82, 2.24) is 5.32 Å². The number of nitrogens with zero attached hydrogens (tertiary/aromatic N) is 1. The molecule has 294 valence electrons. The highest BCUT2D eigenvalue weighted by molar-refractivity contribution is 7.17. The molecular weight excluding hydrogens is 773 g/mol. The monoisotopic (exact) mass is 812 g/mol. The van der Waals surface area contributed by atoms with Crippen molar-refractivity contribution >= 4 is 27.1 Å². The fourth-order valence-electron chi connectivity index (χ4n) is 10.8. The minimum Gasteiger partial charge on any atom is -0.457 e. The van der Waals surface area contributed by atoms with E-state index in [9.17, 15) is 0 Å². The molecule has 3 heterocycles. The standard InChI is InChI=1S/C58H40N2OS/c1-57(43-31-41(36-16-4-2-5-17-36)30-42(32-43)37-18-6-3-7-19-37)59-54(56-55(60-57)46-23-11-15-27-53(46)62-56)40-28-29-45-44-22-10-12-24-47(44)58(49(45)34-40)48-25-13-14-26-51(48)61-52-35-39-21-9-8-20-38(39)33-50(52)58/h2-35,38-39,59H,1H3. The van der Waals surface area contributed by atoms with Gasteiger partial charge in [-0.2, -0.15) is 0 Å². The van der Waals surface area contributed by atoms with Crippen molar-refractivity contribution in [3.05, 3.63) is 255 Å². The van der Waals surface area contributed by atoms with Gasteiger partial charge in [0.05, 0.1) is 21.0 Å². The molecule has 0 saturated carbocycles. The molecule has 7 aromatic carbocycles. The lowest BCUT2D eigenvalue weighted by atomic mass is 9.62. The first kappa shape index (κ1) is 35.5. The van der Waals surface area contributed by atoms with Crippen molar-refractivity contribution in [2.45, 2.75) is 18.0 Å². The van der Waals surface area contributed by atoms with Gasteiger partial charge in [-0.05, 0) is 99.5 Å². The van der Waals surface area contributed by atoms with Gasteiger partial charge in [-0.1, -0.05) is 164 Å². The Kier molecular flexibility index (Phi) is 7.65. The van der Waals surface area contributed by atoms with Crippen molar-refractivity contribution in [2.24, 2.45) is 16.8 Å². The van der Waals surface area contributed by atoms with Crippen LogP contribution in [0.2, 0.25) is 0 Å². The van der Waals surface area contributed by atoms with E-state index in [-0.39, 0.29) is 11.8 Å². The van der Waals surface area contributed by atoms with Crippen molar-refractivity contribution in [3.8, 4) is 39.1 Å². The second-order valence-corrected chi connectivity index (χ2v) is 18.2. The summed E-state index contributed by atoms with van der Waals surface area (Å²) in [6, 6.07) is 62.0. The number of thiophene rings is 1. The summed E-state index contributed by atoms with van der Waals surface area (Å²) < 4.78 is 9.27. The summed E-state index contributed by atoms with van der Waals surface area (Å²) in [4.78, 5) is 5.72. The van der Waals surface area contributed by atoms with Gasteiger partial charge in [0.1, 0.15) is 11.5 Å². The zero-order valence-corrected chi connectivity index (χ0v) is 34.9. The third kappa shape index (κ3) is 5.14. The van der Waals surface area contributed by atoms with Crippen molar-refractivity contribution in [2.75, 3.05) is 0 Å². The second-order valence-electron chi connectivity index (χ2n) is 17.2. The smallest absolute Gasteiger partial charge is 0.153 e. The first-order valence-electron chi connectivity index (χ1n) is 21.5. The number of hydrogen-bond acceptors (Lipinski definition) is 4. The van der Waals surface area contributed by atoms with Gasteiger partial charge in [-0.15, -0.1) is 11.3 Å². The molecule has 2 aliphatic heterocycles. The zero-order valence-electron chi connectivity index (χ0n) is 34.0. The fourth-order valence-corrected chi connectivity index (χ4v) is 11.9. The first-order chi connectivity index (χ1) is 30.5. The summed E-state index contributed by atoms with van der Waals surface area (Å²) in [5.41, 5.74) is 14.1. The number of allylic oxidation sites excluding steroid dienone is 7. The van der Waals surface area contributed by atoms with Crippen molar-refractivity contribution in [3.63, 3.8) is 0 Å². The van der Waals surface area contributed by atoms with E-state index in [1.165, 1.54) is 54.6 Å². The molecule has 1 aromatic heterocycles. The minimum atomic E-state index is -0.802. The van der Waals surface area contributed by atoms with E-state index < -0.39 is 11.1 Å². The first-order valence-corrected chi connectivity index (χ1v) is 22.3. The van der Waals surface area contributed by atoms with Gasteiger partial charge in [0.2, 0.25) is 0 Å². The topological polar surface area (TPSA) is 33.6 Å². The predicted octanol–water partition coefficient (Wildman–Crippen LogP) is 12.4. The van der Waals surface area contributed by atoms with E-state index in [0.29, 0.717) is 0 Å².